The van der Waals surface area contributed by atoms with Gasteiger partial charge in [-0.2, -0.15) is 0 Å². The molecule has 0 radical (unpaired) electrons. The molecule has 6 nitrogen and oxygen atoms in total. The van der Waals surface area contributed by atoms with Crippen LogP contribution in [0.1, 0.15) is 18.4 Å². The normalized spacial score (nSPS) is 14.2. The van der Waals surface area contributed by atoms with Gasteiger partial charge in [-0.15, -0.1) is 0 Å². The van der Waals surface area contributed by atoms with Crippen molar-refractivity contribution < 1.29 is 13.7 Å². The summed E-state index contributed by atoms with van der Waals surface area (Å²) >= 11 is 6.25. The number of ether oxygens (including phenoxy) is 1. The van der Waals surface area contributed by atoms with Crippen LogP contribution in [-0.2, 0) is 22.0 Å². The molecule has 0 aliphatic carbocycles. The fourth-order valence-corrected chi connectivity index (χ4v) is 4.56. The van der Waals surface area contributed by atoms with Crippen LogP contribution in [0.4, 0.5) is 5.69 Å². The van der Waals surface area contributed by atoms with E-state index in [9.17, 15) is 9.00 Å². The molecule has 150 valence electrons. The molecule has 4 rings (SSSR count). The topological polar surface area (TPSA) is 73.2 Å². The summed E-state index contributed by atoms with van der Waals surface area (Å²) in [5, 5.41) is 3.91. The summed E-state index contributed by atoms with van der Waals surface area (Å²) in [6, 6.07) is 13.0. The first-order valence-corrected chi connectivity index (χ1v) is 11.0. The van der Waals surface area contributed by atoms with Gasteiger partial charge in [-0.25, -0.2) is 4.98 Å². The number of rotatable bonds is 7. The molecule has 29 heavy (non-hydrogen) atoms. The molecule has 2 aromatic carbocycles. The van der Waals surface area contributed by atoms with Crippen molar-refractivity contribution >= 4 is 34.0 Å². The molecule has 1 aliphatic rings. The molecule has 1 unspecified atom stereocenters. The zero-order valence-corrected chi connectivity index (χ0v) is 17.2. The summed E-state index contributed by atoms with van der Waals surface area (Å²) in [4.78, 5) is 15.7. The Morgan fingerprint density at radius 3 is 2.93 bits per heavy atom. The SMILES string of the molecule is O=C1CCc2cc(OCCCS(=O)c3nccn3-c3ccccc3Cl)ccc2N1. The second-order valence-electron chi connectivity index (χ2n) is 6.65. The smallest absolute Gasteiger partial charge is 0.224 e. The fraction of sp³-hybridized carbons (Fsp3) is 0.238. The van der Waals surface area contributed by atoms with Gasteiger partial charge in [0.05, 0.1) is 28.1 Å². The van der Waals surface area contributed by atoms with Crippen LogP contribution < -0.4 is 10.1 Å². The largest absolute Gasteiger partial charge is 0.494 e. The van der Waals surface area contributed by atoms with Crippen molar-refractivity contribution in [3.63, 3.8) is 0 Å². The number of para-hydroxylation sites is 1. The Morgan fingerprint density at radius 2 is 2.07 bits per heavy atom. The summed E-state index contributed by atoms with van der Waals surface area (Å²) < 4.78 is 20.3. The minimum absolute atomic E-state index is 0.0452. The van der Waals surface area contributed by atoms with Crippen molar-refractivity contribution in [2.75, 3.05) is 17.7 Å². The first kappa shape index (κ1) is 19.7. The van der Waals surface area contributed by atoms with Crippen LogP contribution in [0.5, 0.6) is 5.75 Å². The predicted molar refractivity (Wildman–Crippen MR) is 113 cm³/mol. The molecule has 1 atom stereocenters. The lowest BCUT2D eigenvalue weighted by Gasteiger charge is -2.17. The number of hydrogen-bond acceptors (Lipinski definition) is 4. The minimum atomic E-state index is -1.27. The quantitative estimate of drug-likeness (QED) is 0.576. The molecular formula is C21H20ClN3O3S. The van der Waals surface area contributed by atoms with Crippen LogP contribution in [0.2, 0.25) is 5.02 Å². The van der Waals surface area contributed by atoms with Crippen LogP contribution in [-0.4, -0.2) is 32.0 Å². The lowest BCUT2D eigenvalue weighted by molar-refractivity contribution is -0.116. The van der Waals surface area contributed by atoms with Gasteiger partial charge in [0.2, 0.25) is 11.1 Å². The van der Waals surface area contributed by atoms with Gasteiger partial charge in [-0.05, 0) is 48.7 Å². The maximum Gasteiger partial charge on any atom is 0.224 e. The Bertz CT molecular complexity index is 1070. The van der Waals surface area contributed by atoms with Crippen LogP contribution in [0.15, 0.2) is 60.0 Å². The Morgan fingerprint density at radius 1 is 1.21 bits per heavy atom. The molecule has 0 saturated carbocycles. The number of imidazole rings is 1. The van der Waals surface area contributed by atoms with E-state index in [4.69, 9.17) is 16.3 Å². The molecule has 2 heterocycles. The average Bonchev–Trinajstić information content (AvgIpc) is 3.21. The van der Waals surface area contributed by atoms with Gasteiger partial charge in [-0.3, -0.25) is 13.6 Å². The summed E-state index contributed by atoms with van der Waals surface area (Å²) in [5.41, 5.74) is 2.68. The van der Waals surface area contributed by atoms with E-state index in [2.05, 4.69) is 10.3 Å². The van der Waals surface area contributed by atoms with Crippen LogP contribution in [0.25, 0.3) is 5.69 Å². The number of nitrogens with one attached hydrogen (secondary N) is 1. The fourth-order valence-electron chi connectivity index (χ4n) is 3.21. The monoisotopic (exact) mass is 429 g/mol. The zero-order valence-electron chi connectivity index (χ0n) is 15.6. The summed E-state index contributed by atoms with van der Waals surface area (Å²) in [7, 11) is -1.27. The van der Waals surface area contributed by atoms with Crippen molar-refractivity contribution in [1.82, 2.24) is 9.55 Å². The number of amides is 1. The minimum Gasteiger partial charge on any atom is -0.494 e. The van der Waals surface area contributed by atoms with Crippen molar-refractivity contribution in [3.05, 3.63) is 65.4 Å². The third-order valence-corrected chi connectivity index (χ3v) is 6.33. The highest BCUT2D eigenvalue weighted by Gasteiger charge is 2.16. The number of aromatic nitrogens is 2. The Kier molecular flexibility index (Phi) is 5.97. The van der Waals surface area contributed by atoms with Crippen molar-refractivity contribution in [2.45, 2.75) is 24.4 Å². The van der Waals surface area contributed by atoms with E-state index in [1.165, 1.54) is 0 Å². The van der Waals surface area contributed by atoms with E-state index < -0.39 is 10.8 Å². The van der Waals surface area contributed by atoms with Gasteiger partial charge in [0, 0.05) is 30.3 Å². The number of benzene rings is 2. The second kappa shape index (κ2) is 8.80. The molecule has 1 amide bonds. The predicted octanol–water partition coefficient (Wildman–Crippen LogP) is 3.99. The third-order valence-electron chi connectivity index (χ3n) is 4.64. The molecule has 0 bridgehead atoms. The molecular weight excluding hydrogens is 410 g/mol. The summed E-state index contributed by atoms with van der Waals surface area (Å²) in [6.45, 7) is 0.448. The van der Waals surface area contributed by atoms with E-state index in [1.54, 1.807) is 23.0 Å². The van der Waals surface area contributed by atoms with E-state index in [0.717, 1.165) is 22.7 Å². The lowest BCUT2D eigenvalue weighted by Crippen LogP contribution is -2.18. The first-order chi connectivity index (χ1) is 14.1. The molecule has 3 aromatic rings. The number of anilines is 1. The lowest BCUT2D eigenvalue weighted by atomic mass is 10.0. The number of carbonyl (C=O) groups is 1. The molecule has 8 heteroatoms. The van der Waals surface area contributed by atoms with Crippen molar-refractivity contribution in [3.8, 4) is 11.4 Å². The summed E-state index contributed by atoms with van der Waals surface area (Å²) in [5.74, 6) is 1.23. The summed E-state index contributed by atoms with van der Waals surface area (Å²) in [6.07, 6.45) is 5.21. The van der Waals surface area contributed by atoms with E-state index in [0.29, 0.717) is 41.8 Å². The highest BCUT2D eigenvalue weighted by Crippen LogP contribution is 2.27. The number of carbonyl (C=O) groups excluding carboxylic acids is 1. The average molecular weight is 430 g/mol. The van der Waals surface area contributed by atoms with Gasteiger partial charge in [0.25, 0.3) is 0 Å². The van der Waals surface area contributed by atoms with Crippen LogP contribution in [0.3, 0.4) is 0 Å². The van der Waals surface area contributed by atoms with Gasteiger partial charge in [-0.1, -0.05) is 23.7 Å². The number of fused-ring (bicyclic) bond motifs is 1. The second-order valence-corrected chi connectivity index (χ2v) is 8.52. The van der Waals surface area contributed by atoms with Gasteiger partial charge < -0.3 is 10.1 Å². The highest BCUT2D eigenvalue weighted by atomic mass is 35.5. The van der Waals surface area contributed by atoms with Crippen molar-refractivity contribution in [2.24, 2.45) is 0 Å². The molecule has 0 fully saturated rings. The zero-order chi connectivity index (χ0) is 20.2. The van der Waals surface area contributed by atoms with Gasteiger partial charge in [0.15, 0.2) is 0 Å². The highest BCUT2D eigenvalue weighted by molar-refractivity contribution is 7.84. The Hall–Kier alpha value is -2.64. The molecule has 0 saturated heterocycles. The van der Waals surface area contributed by atoms with Gasteiger partial charge in [0.1, 0.15) is 5.75 Å². The van der Waals surface area contributed by atoms with E-state index >= 15 is 0 Å². The molecule has 1 aromatic heterocycles. The number of hydrogen-bond donors (Lipinski definition) is 1. The molecule has 1 N–H and O–H groups in total. The van der Waals surface area contributed by atoms with Crippen LogP contribution >= 0.6 is 11.6 Å². The number of nitrogens with zero attached hydrogens (tertiary/aromatic N) is 2. The van der Waals surface area contributed by atoms with Crippen LogP contribution in [0, 0.1) is 0 Å². The van der Waals surface area contributed by atoms with E-state index in [1.807, 2.05) is 36.4 Å². The van der Waals surface area contributed by atoms with Crippen molar-refractivity contribution in [1.29, 1.82) is 0 Å². The number of aryl methyl sites for hydroxylation is 1. The molecule has 0 spiro atoms. The Balaban J connectivity index is 1.33. The van der Waals surface area contributed by atoms with E-state index in [-0.39, 0.29) is 5.91 Å². The third kappa shape index (κ3) is 4.52. The standard InChI is InChI=1S/C21H20ClN3O3S/c22-17-4-1-2-5-19(17)25-11-10-23-21(25)29(27)13-3-12-28-16-7-8-18-15(14-16)6-9-20(26)24-18/h1-2,4-5,7-8,10-11,14H,3,6,9,12-13H2,(H,24,26). The number of halogens is 1. The van der Waals surface area contributed by atoms with Gasteiger partial charge >= 0.3 is 0 Å². The maximum absolute atomic E-state index is 12.7. The first-order valence-electron chi connectivity index (χ1n) is 9.34. The Labute approximate surface area is 176 Å². The molecule has 1 aliphatic heterocycles. The maximum atomic E-state index is 12.7.